The van der Waals surface area contributed by atoms with Crippen molar-refractivity contribution in [2.24, 2.45) is 0 Å². The molecule has 8 heteroatoms. The number of amides is 2. The lowest BCUT2D eigenvalue weighted by molar-refractivity contribution is -0.139. The Morgan fingerprint density at radius 2 is 1.47 bits per heavy atom. The normalized spacial score (nSPS) is 12.2. The molecule has 0 heterocycles. The van der Waals surface area contributed by atoms with E-state index < -0.39 is 28.5 Å². The van der Waals surface area contributed by atoms with Crippen LogP contribution in [0.1, 0.15) is 44.4 Å². The molecule has 0 saturated carbocycles. The molecule has 1 atom stereocenters. The molecule has 38 heavy (non-hydrogen) atoms. The van der Waals surface area contributed by atoms with Crippen molar-refractivity contribution in [3.8, 4) is 0 Å². The van der Waals surface area contributed by atoms with E-state index in [4.69, 9.17) is 0 Å². The molecule has 0 saturated heterocycles. The van der Waals surface area contributed by atoms with Crippen molar-refractivity contribution in [1.82, 2.24) is 10.2 Å². The molecule has 1 N–H and O–H groups in total. The average Bonchev–Trinajstić information content (AvgIpc) is 2.91. The van der Waals surface area contributed by atoms with Gasteiger partial charge in [0.05, 0.1) is 10.6 Å². The van der Waals surface area contributed by atoms with Gasteiger partial charge in [0.2, 0.25) is 11.8 Å². The first kappa shape index (κ1) is 28.9. The number of anilines is 1. The maximum absolute atomic E-state index is 13.9. The number of nitrogens with one attached hydrogen (secondary N) is 1. The van der Waals surface area contributed by atoms with Gasteiger partial charge in [-0.3, -0.25) is 13.9 Å². The molecule has 3 rings (SSSR count). The number of carbonyl (C=O) groups is 2. The van der Waals surface area contributed by atoms with Gasteiger partial charge in [0.1, 0.15) is 12.6 Å². The molecular formula is C30H37N3O4S. The lowest BCUT2D eigenvalue weighted by Gasteiger charge is -2.32. The maximum atomic E-state index is 13.9. The fourth-order valence-corrected chi connectivity index (χ4v) is 5.54. The van der Waals surface area contributed by atoms with Crippen LogP contribution in [0.3, 0.4) is 0 Å². The zero-order valence-electron chi connectivity index (χ0n) is 22.7. The number of hydrogen-bond acceptors (Lipinski definition) is 4. The van der Waals surface area contributed by atoms with E-state index in [-0.39, 0.29) is 23.4 Å². The number of hydrogen-bond donors (Lipinski definition) is 1. The Balaban J connectivity index is 2.03. The number of aryl methyl sites for hydroxylation is 2. The zero-order chi connectivity index (χ0) is 27.9. The summed E-state index contributed by atoms with van der Waals surface area (Å²) in [5, 5.41) is 2.87. The van der Waals surface area contributed by atoms with Crippen LogP contribution >= 0.6 is 0 Å². The average molecular weight is 536 g/mol. The van der Waals surface area contributed by atoms with Crippen LogP contribution in [0.25, 0.3) is 0 Å². The first-order chi connectivity index (χ1) is 18.0. The minimum absolute atomic E-state index is 0.0865. The Hall–Kier alpha value is -3.65. The third kappa shape index (κ3) is 7.01. The van der Waals surface area contributed by atoms with E-state index in [0.29, 0.717) is 5.69 Å². The Kier molecular flexibility index (Phi) is 9.69. The van der Waals surface area contributed by atoms with Crippen molar-refractivity contribution in [2.45, 2.75) is 64.6 Å². The number of nitrogens with zero attached hydrogens (tertiary/aromatic N) is 2. The SMILES string of the molecule is CCc1ccc(N(CC(=O)N(Cc2ccccc2C)C(C)C(=O)NC(C)C)S(=O)(=O)c2ccccc2)cc1. The van der Waals surface area contributed by atoms with Gasteiger partial charge < -0.3 is 10.2 Å². The maximum Gasteiger partial charge on any atom is 0.264 e. The number of benzene rings is 3. The van der Waals surface area contributed by atoms with Crippen molar-refractivity contribution < 1.29 is 18.0 Å². The topological polar surface area (TPSA) is 86.8 Å². The molecule has 202 valence electrons. The molecule has 0 spiro atoms. The molecular weight excluding hydrogens is 498 g/mol. The monoisotopic (exact) mass is 535 g/mol. The smallest absolute Gasteiger partial charge is 0.264 e. The highest BCUT2D eigenvalue weighted by Gasteiger charge is 2.32. The van der Waals surface area contributed by atoms with E-state index >= 15 is 0 Å². The predicted molar refractivity (Wildman–Crippen MR) is 151 cm³/mol. The molecule has 0 aliphatic rings. The molecule has 0 aromatic heterocycles. The van der Waals surface area contributed by atoms with Gasteiger partial charge >= 0.3 is 0 Å². The van der Waals surface area contributed by atoms with E-state index in [2.05, 4.69) is 5.32 Å². The van der Waals surface area contributed by atoms with Crippen molar-refractivity contribution in [3.63, 3.8) is 0 Å². The highest BCUT2D eigenvalue weighted by atomic mass is 32.2. The fourth-order valence-electron chi connectivity index (χ4n) is 4.11. The van der Waals surface area contributed by atoms with Crippen molar-refractivity contribution in [3.05, 3.63) is 95.6 Å². The summed E-state index contributed by atoms with van der Waals surface area (Å²) in [6, 6.07) is 21.9. The number of rotatable bonds is 11. The van der Waals surface area contributed by atoms with Crippen LogP contribution in [0.5, 0.6) is 0 Å². The summed E-state index contributed by atoms with van der Waals surface area (Å²) in [4.78, 5) is 28.4. The summed E-state index contributed by atoms with van der Waals surface area (Å²) in [7, 11) is -4.06. The number of carbonyl (C=O) groups excluding carboxylic acids is 2. The van der Waals surface area contributed by atoms with E-state index in [1.54, 1.807) is 37.3 Å². The zero-order valence-corrected chi connectivity index (χ0v) is 23.5. The lowest BCUT2D eigenvalue weighted by atomic mass is 10.1. The lowest BCUT2D eigenvalue weighted by Crippen LogP contribution is -2.52. The van der Waals surface area contributed by atoms with Crippen LogP contribution in [-0.2, 0) is 32.6 Å². The van der Waals surface area contributed by atoms with Crippen LogP contribution in [-0.4, -0.2) is 43.8 Å². The summed E-state index contributed by atoms with van der Waals surface area (Å²) in [6.07, 6.45) is 0.803. The summed E-state index contributed by atoms with van der Waals surface area (Å²) >= 11 is 0. The van der Waals surface area contributed by atoms with Gasteiger partial charge in [-0.25, -0.2) is 8.42 Å². The van der Waals surface area contributed by atoms with E-state index in [1.165, 1.54) is 17.0 Å². The summed E-state index contributed by atoms with van der Waals surface area (Å²) in [5.74, 6) is -0.773. The van der Waals surface area contributed by atoms with Gasteiger partial charge in [-0.1, -0.05) is 61.5 Å². The molecule has 3 aromatic rings. The van der Waals surface area contributed by atoms with Crippen LogP contribution in [0, 0.1) is 6.92 Å². The second-order valence-electron chi connectivity index (χ2n) is 9.63. The van der Waals surface area contributed by atoms with Crippen LogP contribution in [0.2, 0.25) is 0 Å². The Labute approximate surface area is 226 Å². The Morgan fingerprint density at radius 3 is 2.05 bits per heavy atom. The van der Waals surface area contributed by atoms with Gasteiger partial charge in [-0.2, -0.15) is 0 Å². The van der Waals surface area contributed by atoms with Crippen molar-refractivity contribution in [2.75, 3.05) is 10.8 Å². The quantitative estimate of drug-likeness (QED) is 0.386. The van der Waals surface area contributed by atoms with E-state index in [9.17, 15) is 18.0 Å². The summed E-state index contributed by atoms with van der Waals surface area (Å²) in [6.45, 7) is 9.06. The van der Waals surface area contributed by atoms with Crippen LogP contribution < -0.4 is 9.62 Å². The highest BCUT2D eigenvalue weighted by molar-refractivity contribution is 7.92. The summed E-state index contributed by atoms with van der Waals surface area (Å²) in [5.41, 5.74) is 3.30. The van der Waals surface area contributed by atoms with Crippen LogP contribution in [0.4, 0.5) is 5.69 Å². The first-order valence-corrected chi connectivity index (χ1v) is 14.3. The Morgan fingerprint density at radius 1 is 0.868 bits per heavy atom. The molecule has 0 aliphatic carbocycles. The first-order valence-electron chi connectivity index (χ1n) is 12.9. The van der Waals surface area contributed by atoms with Crippen molar-refractivity contribution in [1.29, 1.82) is 0 Å². The molecule has 7 nitrogen and oxygen atoms in total. The largest absolute Gasteiger partial charge is 0.352 e. The minimum atomic E-state index is -4.06. The molecule has 0 radical (unpaired) electrons. The standard InChI is InChI=1S/C30H37N3O4S/c1-6-25-16-18-27(19-17-25)33(38(36,37)28-14-8-7-9-15-28)21-29(34)32(24(5)30(35)31-22(2)3)20-26-13-11-10-12-23(26)4/h7-19,22,24H,6,20-21H2,1-5H3,(H,31,35). The van der Waals surface area contributed by atoms with Gasteiger partial charge in [-0.15, -0.1) is 0 Å². The third-order valence-corrected chi connectivity index (χ3v) is 8.23. The van der Waals surface area contributed by atoms with Crippen molar-refractivity contribution >= 4 is 27.5 Å². The third-order valence-electron chi connectivity index (χ3n) is 6.44. The molecule has 0 bridgehead atoms. The van der Waals surface area contributed by atoms with E-state index in [1.807, 2.05) is 64.1 Å². The van der Waals surface area contributed by atoms with Gasteiger partial charge in [0.25, 0.3) is 10.0 Å². The Bertz CT molecular complexity index is 1340. The molecule has 1 unspecified atom stereocenters. The highest BCUT2D eigenvalue weighted by Crippen LogP contribution is 2.25. The molecule has 0 fully saturated rings. The summed E-state index contributed by atoms with van der Waals surface area (Å²) < 4.78 is 28.7. The second kappa shape index (κ2) is 12.7. The van der Waals surface area contributed by atoms with Gasteiger partial charge in [0.15, 0.2) is 0 Å². The molecule has 2 amide bonds. The minimum Gasteiger partial charge on any atom is -0.352 e. The number of sulfonamides is 1. The molecule has 0 aliphatic heterocycles. The van der Waals surface area contributed by atoms with Gasteiger partial charge in [-0.05, 0) is 75.1 Å². The van der Waals surface area contributed by atoms with E-state index in [0.717, 1.165) is 27.4 Å². The van der Waals surface area contributed by atoms with Gasteiger partial charge in [0, 0.05) is 12.6 Å². The fraction of sp³-hybridized carbons (Fsp3) is 0.333. The predicted octanol–water partition coefficient (Wildman–Crippen LogP) is 4.69. The van der Waals surface area contributed by atoms with Crippen LogP contribution in [0.15, 0.2) is 83.8 Å². The second-order valence-corrected chi connectivity index (χ2v) is 11.5. The molecule has 3 aromatic carbocycles.